The summed E-state index contributed by atoms with van der Waals surface area (Å²) in [5, 5.41) is 10.9. The first-order valence-corrected chi connectivity index (χ1v) is 3.74. The van der Waals surface area contributed by atoms with Crippen LogP contribution in [-0.4, -0.2) is 31.3 Å². The fourth-order valence-electron chi connectivity index (χ4n) is 0.774. The third kappa shape index (κ3) is 3.39. The van der Waals surface area contributed by atoms with Crippen LogP contribution in [0.5, 0.6) is 0 Å². The van der Waals surface area contributed by atoms with Crippen LogP contribution in [-0.2, 0) is 9.53 Å². The normalized spacial score (nSPS) is 9.00. The Hall–Kier alpha value is -1.03. The molecule has 0 saturated heterocycles. The number of hydrogen-bond acceptors (Lipinski definition) is 3. The molecule has 0 rings (SSSR count). The van der Waals surface area contributed by atoms with Gasteiger partial charge >= 0.3 is 0 Å². The van der Waals surface area contributed by atoms with Gasteiger partial charge in [0, 0.05) is 6.54 Å². The van der Waals surface area contributed by atoms with Crippen LogP contribution in [0.15, 0.2) is 11.3 Å². The van der Waals surface area contributed by atoms with Gasteiger partial charge in [-0.05, 0) is 19.4 Å². The van der Waals surface area contributed by atoms with Gasteiger partial charge in [0.25, 0.3) is 5.91 Å². The molecule has 2 N–H and O–H groups in total. The van der Waals surface area contributed by atoms with Crippen LogP contribution in [0.1, 0.15) is 13.8 Å². The summed E-state index contributed by atoms with van der Waals surface area (Å²) < 4.78 is 4.86. The minimum atomic E-state index is -0.286. The van der Waals surface area contributed by atoms with E-state index in [0.29, 0.717) is 5.76 Å². The molecule has 0 bridgehead atoms. The third-order valence-corrected chi connectivity index (χ3v) is 1.26. The largest absolute Gasteiger partial charge is 0.491 e. The molecule has 0 aromatic carbocycles. The first-order valence-electron chi connectivity index (χ1n) is 3.74. The molecule has 12 heavy (non-hydrogen) atoms. The lowest BCUT2D eigenvalue weighted by Crippen LogP contribution is -2.28. The van der Waals surface area contributed by atoms with Gasteiger partial charge in [-0.25, -0.2) is 0 Å². The molecule has 0 saturated carbocycles. The average Bonchev–Trinajstić information content (AvgIpc) is 2.01. The van der Waals surface area contributed by atoms with Crippen molar-refractivity contribution in [2.75, 3.05) is 20.3 Å². The Morgan fingerprint density at radius 1 is 1.50 bits per heavy atom. The Labute approximate surface area is 72.2 Å². The number of methoxy groups -OCH3 is 1. The van der Waals surface area contributed by atoms with Gasteiger partial charge < -0.3 is 15.2 Å². The van der Waals surface area contributed by atoms with Gasteiger partial charge in [0.1, 0.15) is 0 Å². The monoisotopic (exact) mass is 173 g/mol. The SMILES string of the molecule is COC(C(=O)NCCO)=C(C)C. The molecular weight excluding hydrogens is 158 g/mol. The topological polar surface area (TPSA) is 58.6 Å². The van der Waals surface area contributed by atoms with Gasteiger partial charge in [-0.1, -0.05) is 0 Å². The average molecular weight is 173 g/mol. The van der Waals surface area contributed by atoms with Crippen LogP contribution < -0.4 is 5.32 Å². The van der Waals surface area contributed by atoms with Crippen LogP contribution in [0.25, 0.3) is 0 Å². The van der Waals surface area contributed by atoms with E-state index in [1.807, 2.05) is 0 Å². The van der Waals surface area contributed by atoms with Gasteiger partial charge in [-0.15, -0.1) is 0 Å². The minimum absolute atomic E-state index is 0.0640. The maximum Gasteiger partial charge on any atom is 0.286 e. The second-order valence-corrected chi connectivity index (χ2v) is 2.51. The highest BCUT2D eigenvalue weighted by molar-refractivity contribution is 5.91. The van der Waals surface area contributed by atoms with E-state index in [1.54, 1.807) is 13.8 Å². The molecule has 0 aliphatic heterocycles. The molecule has 0 radical (unpaired) electrons. The second kappa shape index (κ2) is 5.60. The highest BCUT2D eigenvalue weighted by atomic mass is 16.5. The summed E-state index contributed by atoms with van der Waals surface area (Å²) in [4.78, 5) is 11.2. The summed E-state index contributed by atoms with van der Waals surface area (Å²) in [6.45, 7) is 3.76. The van der Waals surface area contributed by atoms with Crippen molar-refractivity contribution in [3.8, 4) is 0 Å². The first-order chi connectivity index (χ1) is 5.63. The molecule has 0 fully saturated rings. The minimum Gasteiger partial charge on any atom is -0.491 e. The molecule has 4 nitrogen and oxygen atoms in total. The van der Waals surface area contributed by atoms with E-state index in [0.717, 1.165) is 5.57 Å². The number of ether oxygens (including phenoxy) is 1. The van der Waals surface area contributed by atoms with Crippen LogP contribution in [0, 0.1) is 0 Å². The number of carbonyl (C=O) groups is 1. The summed E-state index contributed by atoms with van der Waals surface area (Å²) in [6.07, 6.45) is 0. The highest BCUT2D eigenvalue weighted by Crippen LogP contribution is 2.02. The molecule has 0 heterocycles. The fourth-order valence-corrected chi connectivity index (χ4v) is 0.774. The van der Waals surface area contributed by atoms with E-state index in [-0.39, 0.29) is 19.1 Å². The zero-order valence-electron chi connectivity index (χ0n) is 7.68. The molecular formula is C8H15NO3. The highest BCUT2D eigenvalue weighted by Gasteiger charge is 2.09. The molecule has 70 valence electrons. The summed E-state index contributed by atoms with van der Waals surface area (Å²) >= 11 is 0. The van der Waals surface area contributed by atoms with Gasteiger partial charge in [-0.2, -0.15) is 0 Å². The molecule has 0 spiro atoms. The van der Waals surface area contributed by atoms with Crippen molar-refractivity contribution >= 4 is 5.91 Å². The van der Waals surface area contributed by atoms with Gasteiger partial charge in [0.15, 0.2) is 5.76 Å². The lowest BCUT2D eigenvalue weighted by molar-refractivity contribution is -0.120. The van der Waals surface area contributed by atoms with E-state index in [1.165, 1.54) is 7.11 Å². The van der Waals surface area contributed by atoms with Crippen LogP contribution in [0.3, 0.4) is 0 Å². The van der Waals surface area contributed by atoms with Gasteiger partial charge in [-0.3, -0.25) is 4.79 Å². The zero-order valence-corrected chi connectivity index (χ0v) is 7.68. The van der Waals surface area contributed by atoms with Crippen molar-refractivity contribution in [1.82, 2.24) is 5.32 Å². The van der Waals surface area contributed by atoms with E-state index in [4.69, 9.17) is 9.84 Å². The number of amides is 1. The molecule has 4 heteroatoms. The van der Waals surface area contributed by atoms with Crippen molar-refractivity contribution in [1.29, 1.82) is 0 Å². The van der Waals surface area contributed by atoms with Crippen LogP contribution in [0.4, 0.5) is 0 Å². The third-order valence-electron chi connectivity index (χ3n) is 1.26. The molecule has 0 unspecified atom stereocenters. The van der Waals surface area contributed by atoms with E-state index in [9.17, 15) is 4.79 Å². The fraction of sp³-hybridized carbons (Fsp3) is 0.625. The molecule has 0 atom stereocenters. The van der Waals surface area contributed by atoms with Gasteiger partial charge in [0.2, 0.25) is 0 Å². The maximum absolute atomic E-state index is 11.2. The number of carbonyl (C=O) groups excluding carboxylic acids is 1. The summed E-state index contributed by atoms with van der Waals surface area (Å²) in [5.41, 5.74) is 0.813. The Morgan fingerprint density at radius 2 is 2.08 bits per heavy atom. The molecule has 0 aliphatic rings. The van der Waals surface area contributed by atoms with Crippen LogP contribution >= 0.6 is 0 Å². The van der Waals surface area contributed by atoms with Crippen LogP contribution in [0.2, 0.25) is 0 Å². The van der Waals surface area contributed by atoms with E-state index >= 15 is 0 Å². The number of aliphatic hydroxyl groups excluding tert-OH is 1. The Balaban J connectivity index is 4.15. The van der Waals surface area contributed by atoms with Gasteiger partial charge in [0.05, 0.1) is 13.7 Å². The van der Waals surface area contributed by atoms with E-state index in [2.05, 4.69) is 5.32 Å². The Bertz CT molecular complexity index is 183. The lowest BCUT2D eigenvalue weighted by Gasteiger charge is -2.07. The number of rotatable bonds is 4. The molecule has 0 aromatic heterocycles. The first kappa shape index (κ1) is 11.0. The number of aliphatic hydroxyl groups is 1. The van der Waals surface area contributed by atoms with Crippen molar-refractivity contribution in [3.05, 3.63) is 11.3 Å². The maximum atomic E-state index is 11.2. The molecule has 1 amide bonds. The number of allylic oxidation sites excluding steroid dienone is 1. The standard InChI is InChI=1S/C8H15NO3/c1-6(2)7(12-3)8(11)9-4-5-10/h10H,4-5H2,1-3H3,(H,9,11). The number of nitrogens with one attached hydrogen (secondary N) is 1. The summed E-state index contributed by atoms with van der Waals surface area (Å²) in [6, 6.07) is 0. The molecule has 0 aliphatic carbocycles. The van der Waals surface area contributed by atoms with Crippen molar-refractivity contribution in [2.24, 2.45) is 0 Å². The smallest absolute Gasteiger partial charge is 0.286 e. The summed E-state index contributed by atoms with van der Waals surface area (Å²) in [5.74, 6) is 0.0231. The summed E-state index contributed by atoms with van der Waals surface area (Å²) in [7, 11) is 1.45. The Kier molecular flexibility index (Phi) is 5.12. The molecule has 0 aromatic rings. The lowest BCUT2D eigenvalue weighted by atomic mass is 10.3. The predicted octanol–water partition coefficient (Wildman–Crippen LogP) is 0.0352. The van der Waals surface area contributed by atoms with Crippen molar-refractivity contribution in [3.63, 3.8) is 0 Å². The van der Waals surface area contributed by atoms with Crippen molar-refractivity contribution in [2.45, 2.75) is 13.8 Å². The van der Waals surface area contributed by atoms with Crippen molar-refractivity contribution < 1.29 is 14.6 Å². The Morgan fingerprint density at radius 3 is 2.42 bits per heavy atom. The predicted molar refractivity (Wildman–Crippen MR) is 45.5 cm³/mol. The van der Waals surface area contributed by atoms with E-state index < -0.39 is 0 Å². The zero-order chi connectivity index (χ0) is 9.56. The second-order valence-electron chi connectivity index (χ2n) is 2.51. The number of hydrogen-bond donors (Lipinski definition) is 2. The quantitative estimate of drug-likeness (QED) is 0.466.